The quantitative estimate of drug-likeness (QED) is 0.844. The van der Waals surface area contributed by atoms with Gasteiger partial charge in [0.15, 0.2) is 0 Å². The molecule has 21 heavy (non-hydrogen) atoms. The monoisotopic (exact) mass is 294 g/mol. The average Bonchev–Trinajstić information content (AvgIpc) is 3.07. The first kappa shape index (κ1) is 14.6. The third-order valence-corrected chi connectivity index (χ3v) is 4.98. The number of ether oxygens (including phenoxy) is 2. The van der Waals surface area contributed by atoms with Crippen LogP contribution < -0.4 is 20.5 Å². The number of hydrogen-bond donors (Lipinski definition) is 2. The summed E-state index contributed by atoms with van der Waals surface area (Å²) < 4.78 is 22.6. The highest BCUT2D eigenvalue weighted by molar-refractivity contribution is 5.40. The standard InChI is InChI=1S/C16H23FN2O2/c1-20-14-5-4-13(21-9-17)7-12(14)8-19-16-11-3-2-10(6-11)15(16)18/h4-5,7,10-11,15-16,19H,2-3,6,8-9,18H2,1H3. The first-order valence-corrected chi connectivity index (χ1v) is 7.57. The van der Waals surface area contributed by atoms with Crippen LogP contribution in [0.3, 0.4) is 0 Å². The number of methoxy groups -OCH3 is 1. The predicted octanol–water partition coefficient (Wildman–Crippen LogP) is 2.22. The molecule has 3 rings (SSSR count). The molecule has 116 valence electrons. The Morgan fingerprint density at radius 3 is 2.81 bits per heavy atom. The van der Waals surface area contributed by atoms with E-state index in [9.17, 15) is 4.39 Å². The molecule has 4 atom stereocenters. The van der Waals surface area contributed by atoms with Crippen molar-refractivity contribution >= 4 is 0 Å². The largest absolute Gasteiger partial charge is 0.496 e. The SMILES string of the molecule is COc1ccc(OCF)cc1CNC1C2CCC(C2)C1N. The first-order valence-electron chi connectivity index (χ1n) is 7.57. The number of nitrogens with two attached hydrogens (primary N) is 1. The van der Waals surface area contributed by atoms with Gasteiger partial charge in [0, 0.05) is 24.2 Å². The van der Waals surface area contributed by atoms with E-state index in [2.05, 4.69) is 5.32 Å². The van der Waals surface area contributed by atoms with Crippen molar-refractivity contribution < 1.29 is 13.9 Å². The van der Waals surface area contributed by atoms with Gasteiger partial charge >= 0.3 is 0 Å². The summed E-state index contributed by atoms with van der Waals surface area (Å²) in [7, 11) is 1.64. The van der Waals surface area contributed by atoms with Crippen LogP contribution in [0.5, 0.6) is 11.5 Å². The molecule has 2 bridgehead atoms. The number of nitrogens with one attached hydrogen (secondary N) is 1. The summed E-state index contributed by atoms with van der Waals surface area (Å²) in [5.74, 6) is 2.68. The molecular weight excluding hydrogens is 271 g/mol. The minimum atomic E-state index is -0.823. The van der Waals surface area contributed by atoms with Gasteiger partial charge in [0.1, 0.15) is 11.5 Å². The molecule has 0 amide bonds. The van der Waals surface area contributed by atoms with E-state index in [0.29, 0.717) is 30.2 Å². The zero-order chi connectivity index (χ0) is 14.8. The second-order valence-electron chi connectivity index (χ2n) is 6.04. The number of halogens is 1. The van der Waals surface area contributed by atoms with Crippen LogP contribution in [0.25, 0.3) is 0 Å². The molecule has 4 unspecified atom stereocenters. The Kier molecular flexibility index (Phi) is 4.31. The van der Waals surface area contributed by atoms with Crippen LogP contribution in [0.2, 0.25) is 0 Å². The highest BCUT2D eigenvalue weighted by Crippen LogP contribution is 2.44. The summed E-state index contributed by atoms with van der Waals surface area (Å²) in [6.45, 7) is -0.162. The lowest BCUT2D eigenvalue weighted by atomic mass is 9.91. The summed E-state index contributed by atoms with van der Waals surface area (Å²) in [4.78, 5) is 0. The predicted molar refractivity (Wildman–Crippen MR) is 79.0 cm³/mol. The Morgan fingerprint density at radius 1 is 1.33 bits per heavy atom. The van der Waals surface area contributed by atoms with Crippen LogP contribution in [0.4, 0.5) is 4.39 Å². The van der Waals surface area contributed by atoms with E-state index < -0.39 is 6.86 Å². The molecular formula is C16H23FN2O2. The zero-order valence-electron chi connectivity index (χ0n) is 12.3. The van der Waals surface area contributed by atoms with Crippen molar-refractivity contribution in [2.24, 2.45) is 17.6 Å². The second-order valence-corrected chi connectivity index (χ2v) is 6.04. The van der Waals surface area contributed by atoms with Gasteiger partial charge in [0.25, 0.3) is 0 Å². The summed E-state index contributed by atoms with van der Waals surface area (Å²) in [5, 5.41) is 3.57. The lowest BCUT2D eigenvalue weighted by Gasteiger charge is -2.29. The fourth-order valence-corrected chi connectivity index (χ4v) is 3.91. The van der Waals surface area contributed by atoms with Gasteiger partial charge in [-0.05, 0) is 49.3 Å². The number of benzene rings is 1. The third kappa shape index (κ3) is 2.85. The van der Waals surface area contributed by atoms with Crippen molar-refractivity contribution in [3.63, 3.8) is 0 Å². The Morgan fingerprint density at radius 2 is 2.14 bits per heavy atom. The smallest absolute Gasteiger partial charge is 0.228 e. The van der Waals surface area contributed by atoms with Gasteiger partial charge < -0.3 is 20.5 Å². The molecule has 2 fully saturated rings. The van der Waals surface area contributed by atoms with Crippen molar-refractivity contribution in [2.75, 3.05) is 14.0 Å². The number of hydrogen-bond acceptors (Lipinski definition) is 4. The van der Waals surface area contributed by atoms with Gasteiger partial charge in [-0.25, -0.2) is 4.39 Å². The molecule has 0 spiro atoms. The van der Waals surface area contributed by atoms with E-state index in [0.717, 1.165) is 11.3 Å². The molecule has 5 heteroatoms. The third-order valence-electron chi connectivity index (χ3n) is 4.98. The van der Waals surface area contributed by atoms with Gasteiger partial charge in [-0.2, -0.15) is 0 Å². The fourth-order valence-electron chi connectivity index (χ4n) is 3.91. The highest BCUT2D eigenvalue weighted by Gasteiger charge is 2.45. The highest BCUT2D eigenvalue weighted by atomic mass is 19.1. The van der Waals surface area contributed by atoms with Crippen LogP contribution in [0.1, 0.15) is 24.8 Å². The maximum atomic E-state index is 12.3. The molecule has 0 saturated heterocycles. The summed E-state index contributed by atoms with van der Waals surface area (Å²) in [5.41, 5.74) is 7.28. The van der Waals surface area contributed by atoms with Crippen molar-refractivity contribution in [3.05, 3.63) is 23.8 Å². The fraction of sp³-hybridized carbons (Fsp3) is 0.625. The number of alkyl halides is 1. The van der Waals surface area contributed by atoms with Crippen molar-refractivity contribution in [3.8, 4) is 11.5 Å². The average molecular weight is 294 g/mol. The van der Waals surface area contributed by atoms with E-state index in [4.69, 9.17) is 15.2 Å². The van der Waals surface area contributed by atoms with E-state index in [1.54, 1.807) is 13.2 Å². The minimum Gasteiger partial charge on any atom is -0.496 e. The van der Waals surface area contributed by atoms with Gasteiger partial charge in [0.2, 0.25) is 6.86 Å². The van der Waals surface area contributed by atoms with Crippen LogP contribution in [0, 0.1) is 11.8 Å². The molecule has 1 aromatic rings. The van der Waals surface area contributed by atoms with Crippen LogP contribution in [-0.4, -0.2) is 26.1 Å². The van der Waals surface area contributed by atoms with E-state index in [1.807, 2.05) is 12.1 Å². The molecule has 0 aromatic heterocycles. The molecule has 2 aliphatic rings. The normalized spacial score (nSPS) is 30.6. The van der Waals surface area contributed by atoms with Crippen LogP contribution in [0.15, 0.2) is 18.2 Å². The Balaban J connectivity index is 1.68. The second kappa shape index (κ2) is 6.20. The number of fused-ring (bicyclic) bond motifs is 2. The summed E-state index contributed by atoms with van der Waals surface area (Å²) in [6.07, 6.45) is 3.80. The van der Waals surface area contributed by atoms with Gasteiger partial charge in [0.05, 0.1) is 7.11 Å². The van der Waals surface area contributed by atoms with E-state index in [1.165, 1.54) is 19.3 Å². The Labute approximate surface area is 124 Å². The van der Waals surface area contributed by atoms with Crippen molar-refractivity contribution in [1.82, 2.24) is 5.32 Å². The van der Waals surface area contributed by atoms with E-state index >= 15 is 0 Å². The summed E-state index contributed by atoms with van der Waals surface area (Å²) in [6, 6.07) is 5.97. The Hall–Kier alpha value is -1.33. The molecule has 1 aromatic carbocycles. The topological polar surface area (TPSA) is 56.5 Å². The summed E-state index contributed by atoms with van der Waals surface area (Å²) >= 11 is 0. The molecule has 0 aliphatic heterocycles. The zero-order valence-corrected chi connectivity index (χ0v) is 12.3. The minimum absolute atomic E-state index is 0.250. The first-order chi connectivity index (χ1) is 10.2. The molecule has 0 heterocycles. The molecule has 3 N–H and O–H groups in total. The molecule has 2 aliphatic carbocycles. The van der Waals surface area contributed by atoms with E-state index in [-0.39, 0.29) is 6.04 Å². The molecule has 2 saturated carbocycles. The molecule has 0 radical (unpaired) electrons. The van der Waals surface area contributed by atoms with Crippen molar-refractivity contribution in [2.45, 2.75) is 37.9 Å². The Bertz CT molecular complexity index is 495. The maximum Gasteiger partial charge on any atom is 0.228 e. The lowest BCUT2D eigenvalue weighted by Crippen LogP contribution is -2.48. The lowest BCUT2D eigenvalue weighted by molar-refractivity contribution is 0.191. The van der Waals surface area contributed by atoms with Crippen LogP contribution >= 0.6 is 0 Å². The number of rotatable bonds is 6. The van der Waals surface area contributed by atoms with Crippen molar-refractivity contribution in [1.29, 1.82) is 0 Å². The van der Waals surface area contributed by atoms with Crippen LogP contribution in [-0.2, 0) is 6.54 Å². The molecule has 4 nitrogen and oxygen atoms in total. The van der Waals surface area contributed by atoms with Gasteiger partial charge in [-0.1, -0.05) is 0 Å². The maximum absolute atomic E-state index is 12.3. The van der Waals surface area contributed by atoms with Gasteiger partial charge in [-0.15, -0.1) is 0 Å². The van der Waals surface area contributed by atoms with Gasteiger partial charge in [-0.3, -0.25) is 0 Å².